The van der Waals surface area contributed by atoms with Gasteiger partial charge in [0.2, 0.25) is 0 Å². The van der Waals surface area contributed by atoms with Crippen molar-refractivity contribution in [3.05, 3.63) is 0 Å². The number of carbonyl (C=O) groups is 2. The molecule has 0 heterocycles. The number of nitrogens with two attached hydrogens (primary N) is 1. The number of amides is 2. The first-order chi connectivity index (χ1) is 5.07. The number of hydrogen-bond donors (Lipinski definition) is 2. The molecule has 0 fully saturated rings. The Balaban J connectivity index is 3.73. The van der Waals surface area contributed by atoms with Gasteiger partial charge in [-0.15, -0.1) is 0 Å². The molecule has 0 unspecified atom stereocenters. The smallest absolute Gasteiger partial charge is 0.328 e. The van der Waals surface area contributed by atoms with Gasteiger partial charge in [0.05, 0.1) is 6.61 Å². The maximum absolute atomic E-state index is 10.8. The fourth-order valence-electron chi connectivity index (χ4n) is 0.540. The lowest BCUT2D eigenvalue weighted by atomic mass is 10.3. The van der Waals surface area contributed by atoms with Crippen molar-refractivity contribution in [3.8, 4) is 0 Å². The number of urea groups is 1. The molecule has 0 bridgehead atoms. The van der Waals surface area contributed by atoms with Gasteiger partial charge in [0.1, 0.15) is 6.04 Å². The first kappa shape index (κ1) is 9.74. The topological polar surface area (TPSA) is 81.4 Å². The summed E-state index contributed by atoms with van der Waals surface area (Å²) in [5.74, 6) is -0.480. The second kappa shape index (κ2) is 4.54. The lowest BCUT2D eigenvalue weighted by Crippen LogP contribution is -2.42. The van der Waals surface area contributed by atoms with Crippen LogP contribution in [0.1, 0.15) is 13.8 Å². The van der Waals surface area contributed by atoms with Crippen molar-refractivity contribution in [1.29, 1.82) is 0 Å². The number of esters is 1. The summed E-state index contributed by atoms with van der Waals surface area (Å²) in [6, 6.07) is -1.40. The molecule has 0 saturated heterocycles. The van der Waals surface area contributed by atoms with Gasteiger partial charge in [-0.05, 0) is 13.8 Å². The third-order valence-electron chi connectivity index (χ3n) is 0.999. The van der Waals surface area contributed by atoms with Crippen LogP contribution < -0.4 is 11.1 Å². The summed E-state index contributed by atoms with van der Waals surface area (Å²) in [4.78, 5) is 21.0. The summed E-state index contributed by atoms with van der Waals surface area (Å²) in [5.41, 5.74) is 4.77. The molecule has 11 heavy (non-hydrogen) atoms. The normalized spacial score (nSPS) is 11.8. The third kappa shape index (κ3) is 4.19. The summed E-state index contributed by atoms with van der Waals surface area (Å²) in [5, 5.41) is 2.19. The molecule has 0 aromatic rings. The van der Waals surface area contributed by atoms with Crippen molar-refractivity contribution in [1.82, 2.24) is 5.32 Å². The molecule has 0 aliphatic rings. The van der Waals surface area contributed by atoms with E-state index in [2.05, 4.69) is 10.1 Å². The van der Waals surface area contributed by atoms with E-state index in [1.165, 1.54) is 6.92 Å². The minimum absolute atomic E-state index is 0.295. The summed E-state index contributed by atoms with van der Waals surface area (Å²) in [6.45, 7) is 3.49. The van der Waals surface area contributed by atoms with Gasteiger partial charge >= 0.3 is 12.0 Å². The number of hydrogen-bond acceptors (Lipinski definition) is 3. The van der Waals surface area contributed by atoms with E-state index in [0.29, 0.717) is 6.61 Å². The Morgan fingerprint density at radius 1 is 1.64 bits per heavy atom. The van der Waals surface area contributed by atoms with Crippen molar-refractivity contribution < 1.29 is 14.3 Å². The number of rotatable bonds is 3. The van der Waals surface area contributed by atoms with Crippen LogP contribution >= 0.6 is 0 Å². The standard InChI is InChI=1S/C6H12N2O3/c1-3-11-5(9)4(2)8-6(7)10/h4H,3H2,1-2H3,(H3,7,8,10)/t4-/m1/s1. The Bertz CT molecular complexity index is 158. The highest BCUT2D eigenvalue weighted by atomic mass is 16.5. The molecule has 2 amide bonds. The quantitative estimate of drug-likeness (QED) is 0.551. The first-order valence-corrected chi connectivity index (χ1v) is 3.30. The van der Waals surface area contributed by atoms with Crippen molar-refractivity contribution in [2.24, 2.45) is 5.73 Å². The van der Waals surface area contributed by atoms with Gasteiger partial charge in [0.25, 0.3) is 0 Å². The summed E-state index contributed by atoms with van der Waals surface area (Å²) in [7, 11) is 0. The highest BCUT2D eigenvalue weighted by Gasteiger charge is 2.13. The molecular formula is C6H12N2O3. The van der Waals surface area contributed by atoms with E-state index in [9.17, 15) is 9.59 Å². The van der Waals surface area contributed by atoms with Crippen LogP contribution in [0, 0.1) is 0 Å². The Morgan fingerprint density at radius 3 is 2.55 bits per heavy atom. The van der Waals surface area contributed by atoms with Crippen LogP contribution in [0.5, 0.6) is 0 Å². The molecule has 5 heteroatoms. The monoisotopic (exact) mass is 160 g/mol. The largest absolute Gasteiger partial charge is 0.464 e. The highest BCUT2D eigenvalue weighted by molar-refractivity contribution is 5.82. The van der Waals surface area contributed by atoms with Gasteiger partial charge in [-0.25, -0.2) is 9.59 Å². The Kier molecular flexibility index (Phi) is 4.02. The zero-order chi connectivity index (χ0) is 8.85. The molecule has 0 rings (SSSR count). The van der Waals surface area contributed by atoms with E-state index in [4.69, 9.17) is 5.73 Å². The zero-order valence-electron chi connectivity index (χ0n) is 6.59. The predicted octanol–water partition coefficient (Wildman–Crippen LogP) is -0.394. The van der Waals surface area contributed by atoms with Crippen LogP contribution in [0.25, 0.3) is 0 Å². The fraction of sp³-hybridized carbons (Fsp3) is 0.667. The molecule has 0 aromatic carbocycles. The summed E-state index contributed by atoms with van der Waals surface area (Å²) in [6.07, 6.45) is 0. The average molecular weight is 160 g/mol. The van der Waals surface area contributed by atoms with Crippen LogP contribution in [0.4, 0.5) is 4.79 Å². The van der Waals surface area contributed by atoms with Crippen molar-refractivity contribution in [2.75, 3.05) is 6.61 Å². The molecular weight excluding hydrogens is 148 g/mol. The Morgan fingerprint density at radius 2 is 2.18 bits per heavy atom. The molecule has 0 aliphatic carbocycles. The van der Waals surface area contributed by atoms with Gasteiger partial charge in [-0.1, -0.05) is 0 Å². The van der Waals surface area contributed by atoms with Crippen LogP contribution in [0.3, 0.4) is 0 Å². The van der Waals surface area contributed by atoms with E-state index in [1.54, 1.807) is 6.92 Å². The van der Waals surface area contributed by atoms with Crippen molar-refractivity contribution >= 4 is 12.0 Å². The first-order valence-electron chi connectivity index (χ1n) is 3.30. The molecule has 3 N–H and O–H groups in total. The van der Waals surface area contributed by atoms with Gasteiger partial charge in [-0.2, -0.15) is 0 Å². The third-order valence-corrected chi connectivity index (χ3v) is 0.999. The minimum Gasteiger partial charge on any atom is -0.464 e. The summed E-state index contributed by atoms with van der Waals surface area (Å²) >= 11 is 0. The van der Waals surface area contributed by atoms with Crippen molar-refractivity contribution in [2.45, 2.75) is 19.9 Å². The maximum atomic E-state index is 10.8. The molecule has 0 radical (unpaired) electrons. The van der Waals surface area contributed by atoms with Gasteiger partial charge in [0, 0.05) is 0 Å². The van der Waals surface area contributed by atoms with Crippen LogP contribution in [0.15, 0.2) is 0 Å². The second-order valence-electron chi connectivity index (χ2n) is 1.98. The molecule has 0 spiro atoms. The number of ether oxygens (including phenoxy) is 1. The Labute approximate surface area is 64.9 Å². The second-order valence-corrected chi connectivity index (χ2v) is 1.98. The van der Waals surface area contributed by atoms with Gasteiger partial charge < -0.3 is 15.8 Å². The fourth-order valence-corrected chi connectivity index (χ4v) is 0.540. The lowest BCUT2D eigenvalue weighted by molar-refractivity contribution is -0.144. The van der Waals surface area contributed by atoms with Gasteiger partial charge in [-0.3, -0.25) is 0 Å². The number of carbonyl (C=O) groups excluding carboxylic acids is 2. The Hall–Kier alpha value is -1.26. The molecule has 0 aromatic heterocycles. The number of nitrogens with one attached hydrogen (secondary N) is 1. The van der Waals surface area contributed by atoms with E-state index in [0.717, 1.165) is 0 Å². The molecule has 1 atom stereocenters. The molecule has 0 saturated carbocycles. The minimum atomic E-state index is -0.731. The van der Waals surface area contributed by atoms with E-state index < -0.39 is 18.0 Å². The van der Waals surface area contributed by atoms with Crippen molar-refractivity contribution in [3.63, 3.8) is 0 Å². The van der Waals surface area contributed by atoms with E-state index in [1.807, 2.05) is 0 Å². The zero-order valence-corrected chi connectivity index (χ0v) is 6.59. The molecule has 0 aliphatic heterocycles. The highest BCUT2D eigenvalue weighted by Crippen LogP contribution is 1.86. The van der Waals surface area contributed by atoms with Crippen LogP contribution in [-0.2, 0) is 9.53 Å². The SMILES string of the molecule is CCOC(=O)[C@@H](C)NC(N)=O. The van der Waals surface area contributed by atoms with Gasteiger partial charge in [0.15, 0.2) is 0 Å². The number of primary amides is 1. The lowest BCUT2D eigenvalue weighted by Gasteiger charge is -2.09. The maximum Gasteiger partial charge on any atom is 0.328 e. The van der Waals surface area contributed by atoms with Crippen LogP contribution in [0.2, 0.25) is 0 Å². The van der Waals surface area contributed by atoms with Crippen LogP contribution in [-0.4, -0.2) is 24.6 Å². The van der Waals surface area contributed by atoms with E-state index >= 15 is 0 Å². The molecule has 5 nitrogen and oxygen atoms in total. The van der Waals surface area contributed by atoms with E-state index in [-0.39, 0.29) is 0 Å². The summed E-state index contributed by atoms with van der Waals surface area (Å²) < 4.78 is 4.60. The average Bonchev–Trinajstić information content (AvgIpc) is 1.86. The predicted molar refractivity (Wildman–Crippen MR) is 38.8 cm³/mol. The molecule has 64 valence electrons.